The van der Waals surface area contributed by atoms with Gasteiger partial charge in [0, 0.05) is 22.7 Å². The van der Waals surface area contributed by atoms with Gasteiger partial charge in [-0.2, -0.15) is 5.10 Å². The summed E-state index contributed by atoms with van der Waals surface area (Å²) in [6.07, 6.45) is 6.33. The minimum absolute atomic E-state index is 0.228. The third-order valence-corrected chi connectivity index (χ3v) is 7.32. The van der Waals surface area contributed by atoms with Crippen LogP contribution < -0.4 is 0 Å². The molecule has 0 bridgehead atoms. The van der Waals surface area contributed by atoms with Crippen molar-refractivity contribution in [3.05, 3.63) is 39.1 Å². The first-order chi connectivity index (χ1) is 14.7. The van der Waals surface area contributed by atoms with Gasteiger partial charge in [0.15, 0.2) is 5.65 Å². The van der Waals surface area contributed by atoms with E-state index in [1.165, 1.54) is 11.1 Å². The Bertz CT molecular complexity index is 1340. The zero-order chi connectivity index (χ0) is 22.1. The van der Waals surface area contributed by atoms with Gasteiger partial charge in [-0.05, 0) is 79.1 Å². The average molecular weight is 501 g/mol. The number of hydrogen-bond donors (Lipinski definition) is 0. The van der Waals surface area contributed by atoms with Crippen LogP contribution in [0.4, 0.5) is 4.79 Å². The summed E-state index contributed by atoms with van der Waals surface area (Å²) in [6, 6.07) is 2.12. The second kappa shape index (κ2) is 7.17. The molecule has 5 rings (SSSR count). The summed E-state index contributed by atoms with van der Waals surface area (Å²) < 4.78 is 10.5. The van der Waals surface area contributed by atoms with E-state index in [4.69, 9.17) is 4.74 Å². The molecule has 8 heteroatoms. The van der Waals surface area contributed by atoms with E-state index in [9.17, 15) is 4.79 Å². The van der Waals surface area contributed by atoms with Crippen molar-refractivity contribution in [1.29, 1.82) is 0 Å². The van der Waals surface area contributed by atoms with Gasteiger partial charge in [0.1, 0.15) is 16.8 Å². The lowest BCUT2D eigenvalue weighted by Crippen LogP contribution is -2.27. The predicted molar refractivity (Wildman–Crippen MR) is 127 cm³/mol. The number of aromatic nitrogens is 4. The molecule has 0 unspecified atom stereocenters. The highest BCUT2D eigenvalue weighted by atomic mass is 79.9. The van der Waals surface area contributed by atoms with Crippen LogP contribution in [0.15, 0.2) is 22.4 Å². The molecule has 0 amide bonds. The van der Waals surface area contributed by atoms with Gasteiger partial charge in [0.2, 0.25) is 0 Å². The Hall–Kier alpha value is -2.19. The smallest absolute Gasteiger partial charge is 0.420 e. The molecule has 4 aromatic rings. The number of carbonyl (C=O) groups is 1. The summed E-state index contributed by atoms with van der Waals surface area (Å²) in [7, 11) is 0. The standard InChI is InChI=1S/C23H25BrN4O2S/c1-12(2)18-15-9-17(24)31-21(15)28(22(29)30-23(3,4)5)19(18)16-10-27-20(25-11-26-27)14-8-6-7-13(14)16/h9-12H,6-8H2,1-5H3. The number of ether oxygens (including phenoxy) is 1. The van der Waals surface area contributed by atoms with Crippen molar-refractivity contribution in [2.45, 2.75) is 65.4 Å². The highest BCUT2D eigenvalue weighted by Gasteiger charge is 2.32. The van der Waals surface area contributed by atoms with Crippen LogP contribution in [0.25, 0.3) is 27.1 Å². The predicted octanol–water partition coefficient (Wildman–Crippen LogP) is 6.57. The van der Waals surface area contributed by atoms with E-state index >= 15 is 0 Å². The molecular formula is C23H25BrN4O2S. The summed E-state index contributed by atoms with van der Waals surface area (Å²) >= 11 is 5.18. The van der Waals surface area contributed by atoms with Gasteiger partial charge in [0.25, 0.3) is 0 Å². The van der Waals surface area contributed by atoms with E-state index in [0.717, 1.165) is 55.7 Å². The number of carbonyl (C=O) groups excluding carboxylic acids is 1. The number of halogens is 1. The third kappa shape index (κ3) is 3.31. The van der Waals surface area contributed by atoms with E-state index in [0.29, 0.717) is 0 Å². The van der Waals surface area contributed by atoms with Crippen LogP contribution in [0, 0.1) is 0 Å². The Labute approximate surface area is 193 Å². The molecular weight excluding hydrogens is 476 g/mol. The van der Waals surface area contributed by atoms with Crippen molar-refractivity contribution in [2.24, 2.45) is 0 Å². The SMILES string of the molecule is CC(C)c1c(-c2cn3ncnc3c3c2CCC3)n(C(=O)OC(C)(C)C)c2sc(Br)cc12. The second-order valence-electron chi connectivity index (χ2n) is 9.38. The number of aryl methyl sites for hydroxylation is 1. The first-order valence-corrected chi connectivity index (χ1v) is 12.2. The molecule has 0 aliphatic heterocycles. The van der Waals surface area contributed by atoms with Gasteiger partial charge in [0.05, 0.1) is 9.48 Å². The van der Waals surface area contributed by atoms with Gasteiger partial charge < -0.3 is 4.74 Å². The molecule has 0 spiro atoms. The second-order valence-corrected chi connectivity index (χ2v) is 11.8. The molecule has 0 saturated carbocycles. The highest BCUT2D eigenvalue weighted by Crippen LogP contribution is 2.46. The van der Waals surface area contributed by atoms with E-state index in [1.54, 1.807) is 22.2 Å². The minimum atomic E-state index is -0.588. The lowest BCUT2D eigenvalue weighted by atomic mass is 9.94. The van der Waals surface area contributed by atoms with E-state index < -0.39 is 5.60 Å². The normalized spacial score (nSPS) is 14.2. The fraction of sp³-hybridized carbons (Fsp3) is 0.435. The van der Waals surface area contributed by atoms with E-state index in [2.05, 4.69) is 45.9 Å². The Balaban J connectivity index is 1.88. The number of fused-ring (bicyclic) bond motifs is 4. The zero-order valence-electron chi connectivity index (χ0n) is 18.3. The molecule has 6 nitrogen and oxygen atoms in total. The molecule has 162 valence electrons. The molecule has 0 N–H and O–H groups in total. The average Bonchev–Trinajstić information content (AvgIpc) is 3.40. The number of pyridine rings is 1. The summed E-state index contributed by atoms with van der Waals surface area (Å²) in [6.45, 7) is 10.1. The van der Waals surface area contributed by atoms with E-state index in [-0.39, 0.29) is 12.0 Å². The van der Waals surface area contributed by atoms with Crippen LogP contribution in [0.5, 0.6) is 0 Å². The van der Waals surface area contributed by atoms with Crippen molar-refractivity contribution in [3.8, 4) is 11.3 Å². The van der Waals surface area contributed by atoms with Gasteiger partial charge >= 0.3 is 6.09 Å². The summed E-state index contributed by atoms with van der Waals surface area (Å²) in [4.78, 5) is 18.9. The Morgan fingerprint density at radius 1 is 1.26 bits per heavy atom. The molecule has 0 saturated heterocycles. The monoisotopic (exact) mass is 500 g/mol. The molecule has 0 fully saturated rings. The quantitative estimate of drug-likeness (QED) is 0.312. The number of rotatable bonds is 2. The largest absolute Gasteiger partial charge is 0.443 e. The number of nitrogens with zero attached hydrogens (tertiary/aromatic N) is 4. The molecule has 4 aromatic heterocycles. The van der Waals surface area contributed by atoms with Crippen molar-refractivity contribution in [1.82, 2.24) is 19.2 Å². The number of hydrogen-bond acceptors (Lipinski definition) is 5. The van der Waals surface area contributed by atoms with Gasteiger partial charge in [-0.15, -0.1) is 11.3 Å². The van der Waals surface area contributed by atoms with Crippen LogP contribution in [-0.4, -0.2) is 30.9 Å². The number of thiophene rings is 1. The Morgan fingerprint density at radius 3 is 2.71 bits per heavy atom. The van der Waals surface area contributed by atoms with Crippen LogP contribution in [0.2, 0.25) is 0 Å². The fourth-order valence-electron chi connectivity index (χ4n) is 4.64. The molecule has 0 aromatic carbocycles. The van der Waals surface area contributed by atoms with Crippen molar-refractivity contribution in [2.75, 3.05) is 0 Å². The maximum atomic E-state index is 13.5. The first-order valence-electron chi connectivity index (χ1n) is 10.6. The van der Waals surface area contributed by atoms with Gasteiger partial charge in [-0.25, -0.2) is 18.9 Å². The fourth-order valence-corrected chi connectivity index (χ4v) is 6.23. The Kier molecular flexibility index (Phi) is 4.79. The van der Waals surface area contributed by atoms with Crippen molar-refractivity contribution >= 4 is 49.2 Å². The lowest BCUT2D eigenvalue weighted by Gasteiger charge is -2.22. The van der Waals surface area contributed by atoms with Crippen LogP contribution in [-0.2, 0) is 17.6 Å². The maximum absolute atomic E-state index is 13.5. The maximum Gasteiger partial charge on any atom is 0.420 e. The van der Waals surface area contributed by atoms with Crippen molar-refractivity contribution in [3.63, 3.8) is 0 Å². The highest BCUT2D eigenvalue weighted by molar-refractivity contribution is 9.11. The summed E-state index contributed by atoms with van der Waals surface area (Å²) in [5.41, 5.74) is 5.99. The summed E-state index contributed by atoms with van der Waals surface area (Å²) in [5, 5.41) is 5.52. The molecule has 31 heavy (non-hydrogen) atoms. The van der Waals surface area contributed by atoms with E-state index in [1.807, 2.05) is 31.5 Å². The third-order valence-electron chi connectivity index (χ3n) is 5.70. The molecule has 1 aliphatic rings. The minimum Gasteiger partial charge on any atom is -0.443 e. The van der Waals surface area contributed by atoms with Crippen molar-refractivity contribution < 1.29 is 9.53 Å². The zero-order valence-corrected chi connectivity index (χ0v) is 20.7. The first kappa shape index (κ1) is 20.7. The molecule has 4 heterocycles. The lowest BCUT2D eigenvalue weighted by molar-refractivity contribution is 0.0547. The van der Waals surface area contributed by atoms with Crippen LogP contribution >= 0.6 is 27.3 Å². The van der Waals surface area contributed by atoms with Crippen LogP contribution in [0.3, 0.4) is 0 Å². The Morgan fingerprint density at radius 2 is 2.00 bits per heavy atom. The summed E-state index contributed by atoms with van der Waals surface area (Å²) in [5.74, 6) is 0.228. The molecule has 0 atom stereocenters. The molecule has 1 aliphatic carbocycles. The van der Waals surface area contributed by atoms with Gasteiger partial charge in [-0.1, -0.05) is 13.8 Å². The topological polar surface area (TPSA) is 61.4 Å². The van der Waals surface area contributed by atoms with Crippen LogP contribution in [0.1, 0.15) is 63.6 Å². The molecule has 0 radical (unpaired) electrons. The van der Waals surface area contributed by atoms with Gasteiger partial charge in [-0.3, -0.25) is 0 Å².